The average Bonchev–Trinajstić information content (AvgIpc) is 2.43. The molecule has 2 aromatic carbocycles. The molecule has 21 heavy (non-hydrogen) atoms. The Labute approximate surface area is 120 Å². The highest BCUT2D eigenvalue weighted by Gasteiger charge is 2.04. The summed E-state index contributed by atoms with van der Waals surface area (Å²) in [5, 5.41) is 0. The van der Waals surface area contributed by atoms with E-state index in [-0.39, 0.29) is 24.5 Å². The van der Waals surface area contributed by atoms with Crippen molar-refractivity contribution in [3.05, 3.63) is 65.0 Å². The third-order valence-corrected chi connectivity index (χ3v) is 2.59. The van der Waals surface area contributed by atoms with Crippen molar-refractivity contribution >= 4 is 0 Å². The van der Waals surface area contributed by atoms with E-state index in [4.69, 9.17) is 10.5 Å². The summed E-state index contributed by atoms with van der Waals surface area (Å²) in [6.45, 7) is 0.0742. The van der Waals surface area contributed by atoms with E-state index >= 15 is 0 Å². The van der Waals surface area contributed by atoms with Gasteiger partial charge in [-0.25, -0.2) is 13.2 Å². The third-order valence-electron chi connectivity index (χ3n) is 2.59. The molecule has 0 amide bonds. The van der Waals surface area contributed by atoms with Crippen molar-refractivity contribution in [1.82, 2.24) is 0 Å². The number of hydrogen-bond donors (Lipinski definition) is 1. The van der Waals surface area contributed by atoms with Crippen LogP contribution in [0.25, 0.3) is 0 Å². The van der Waals surface area contributed by atoms with E-state index < -0.39 is 17.5 Å². The first kappa shape index (κ1) is 14.9. The molecule has 0 aromatic heterocycles. The van der Waals surface area contributed by atoms with Crippen LogP contribution in [0.3, 0.4) is 0 Å². The zero-order valence-electron chi connectivity index (χ0n) is 11.0. The maximum Gasteiger partial charge on any atom is 0.142 e. The lowest BCUT2D eigenvalue weighted by Gasteiger charge is -2.07. The summed E-state index contributed by atoms with van der Waals surface area (Å²) in [6.07, 6.45) is 0. The van der Waals surface area contributed by atoms with Gasteiger partial charge in [0.1, 0.15) is 29.8 Å². The Hall–Kier alpha value is -2.45. The number of nitrogens with two attached hydrogens (primary N) is 1. The van der Waals surface area contributed by atoms with Crippen LogP contribution in [0.1, 0.15) is 11.1 Å². The third kappa shape index (κ3) is 4.26. The molecule has 0 unspecified atom stereocenters. The molecule has 0 radical (unpaired) electrons. The van der Waals surface area contributed by atoms with Crippen molar-refractivity contribution in [3.63, 3.8) is 0 Å². The minimum atomic E-state index is -0.688. The van der Waals surface area contributed by atoms with Gasteiger partial charge in [0.25, 0.3) is 0 Å². The van der Waals surface area contributed by atoms with Crippen molar-refractivity contribution in [3.8, 4) is 17.6 Å². The lowest BCUT2D eigenvalue weighted by molar-refractivity contribution is 0.303. The molecule has 2 rings (SSSR count). The van der Waals surface area contributed by atoms with E-state index in [0.717, 1.165) is 24.3 Å². The van der Waals surface area contributed by atoms with Crippen LogP contribution in [0, 0.1) is 29.3 Å². The van der Waals surface area contributed by atoms with Gasteiger partial charge >= 0.3 is 0 Å². The van der Waals surface area contributed by atoms with E-state index in [1.807, 2.05) is 0 Å². The summed E-state index contributed by atoms with van der Waals surface area (Å²) >= 11 is 0. The monoisotopic (exact) mass is 291 g/mol. The zero-order chi connectivity index (χ0) is 15.2. The quantitative estimate of drug-likeness (QED) is 0.882. The van der Waals surface area contributed by atoms with Crippen LogP contribution in [0.2, 0.25) is 0 Å². The Kier molecular flexibility index (Phi) is 4.85. The van der Waals surface area contributed by atoms with Gasteiger partial charge in [0.05, 0.1) is 12.1 Å². The van der Waals surface area contributed by atoms with Gasteiger partial charge in [-0.2, -0.15) is 0 Å². The molecule has 0 spiro atoms. The summed E-state index contributed by atoms with van der Waals surface area (Å²) < 4.78 is 45.0. The predicted octanol–water partition coefficient (Wildman–Crippen LogP) is 2.99. The molecule has 0 atom stereocenters. The van der Waals surface area contributed by atoms with Gasteiger partial charge in [0.15, 0.2) is 0 Å². The lowest BCUT2D eigenvalue weighted by atomic mass is 10.2. The second kappa shape index (κ2) is 6.82. The lowest BCUT2D eigenvalue weighted by Crippen LogP contribution is -1.98. The zero-order valence-corrected chi connectivity index (χ0v) is 11.0. The highest BCUT2D eigenvalue weighted by atomic mass is 19.1. The predicted molar refractivity (Wildman–Crippen MR) is 73.0 cm³/mol. The first-order valence-corrected chi connectivity index (χ1v) is 6.15. The molecular formula is C16H12F3NO. The van der Waals surface area contributed by atoms with E-state index in [2.05, 4.69) is 11.8 Å². The van der Waals surface area contributed by atoms with Crippen molar-refractivity contribution < 1.29 is 17.9 Å². The molecule has 0 aliphatic heterocycles. The summed E-state index contributed by atoms with van der Waals surface area (Å²) in [6, 6.07) is 7.23. The standard InChI is InChI=1S/C16H12F3NO/c17-13-6-11(7-14(18)8-13)10-21-15-4-3-12(2-1-5-20)16(19)9-15/h3-4,6-9H,5,10,20H2. The Morgan fingerprint density at radius 3 is 2.33 bits per heavy atom. The van der Waals surface area contributed by atoms with Crippen LogP contribution in [-0.4, -0.2) is 6.54 Å². The maximum atomic E-state index is 13.7. The van der Waals surface area contributed by atoms with Crippen LogP contribution in [0.15, 0.2) is 36.4 Å². The SMILES string of the molecule is NCC#Cc1ccc(OCc2cc(F)cc(F)c2)cc1F. The van der Waals surface area contributed by atoms with Gasteiger partial charge < -0.3 is 10.5 Å². The van der Waals surface area contributed by atoms with Gasteiger partial charge in [-0.15, -0.1) is 0 Å². The van der Waals surface area contributed by atoms with E-state index in [0.29, 0.717) is 5.56 Å². The minimum absolute atomic E-state index is 0.0675. The van der Waals surface area contributed by atoms with Crippen LogP contribution in [-0.2, 0) is 6.61 Å². The largest absolute Gasteiger partial charge is 0.489 e. The molecule has 2 nitrogen and oxygen atoms in total. The molecule has 0 bridgehead atoms. The average molecular weight is 291 g/mol. The molecule has 2 N–H and O–H groups in total. The summed E-state index contributed by atoms with van der Waals surface area (Å²) in [7, 11) is 0. The number of halogens is 3. The fraction of sp³-hybridized carbons (Fsp3) is 0.125. The van der Waals surface area contributed by atoms with Gasteiger partial charge in [0.2, 0.25) is 0 Å². The minimum Gasteiger partial charge on any atom is -0.489 e. The molecule has 0 fully saturated rings. The Morgan fingerprint density at radius 2 is 1.71 bits per heavy atom. The molecule has 2 aromatic rings. The number of rotatable bonds is 3. The second-order valence-corrected chi connectivity index (χ2v) is 4.21. The highest BCUT2D eigenvalue weighted by molar-refractivity contribution is 5.40. The van der Waals surface area contributed by atoms with E-state index in [1.165, 1.54) is 12.1 Å². The van der Waals surface area contributed by atoms with Crippen molar-refractivity contribution in [1.29, 1.82) is 0 Å². The van der Waals surface area contributed by atoms with E-state index in [1.54, 1.807) is 0 Å². The summed E-state index contributed by atoms with van der Waals surface area (Å²) in [4.78, 5) is 0. The first-order chi connectivity index (χ1) is 10.1. The van der Waals surface area contributed by atoms with Gasteiger partial charge in [-0.05, 0) is 29.8 Å². The molecule has 0 aliphatic carbocycles. The topological polar surface area (TPSA) is 35.2 Å². The fourth-order valence-electron chi connectivity index (χ4n) is 1.69. The first-order valence-electron chi connectivity index (χ1n) is 6.15. The van der Waals surface area contributed by atoms with Crippen LogP contribution < -0.4 is 10.5 Å². The van der Waals surface area contributed by atoms with Gasteiger partial charge in [0, 0.05) is 12.1 Å². The van der Waals surface area contributed by atoms with Crippen LogP contribution in [0.4, 0.5) is 13.2 Å². The van der Waals surface area contributed by atoms with Crippen LogP contribution in [0.5, 0.6) is 5.75 Å². The van der Waals surface area contributed by atoms with Crippen molar-refractivity contribution in [2.24, 2.45) is 5.73 Å². The molecule has 0 heterocycles. The fourth-order valence-corrected chi connectivity index (χ4v) is 1.69. The van der Waals surface area contributed by atoms with Crippen molar-refractivity contribution in [2.75, 3.05) is 6.54 Å². The smallest absolute Gasteiger partial charge is 0.142 e. The van der Waals surface area contributed by atoms with Gasteiger partial charge in [-0.3, -0.25) is 0 Å². The van der Waals surface area contributed by atoms with Gasteiger partial charge in [-0.1, -0.05) is 11.8 Å². The molecule has 0 saturated heterocycles. The Balaban J connectivity index is 2.08. The number of hydrogen-bond acceptors (Lipinski definition) is 2. The Morgan fingerprint density at radius 1 is 1.00 bits per heavy atom. The maximum absolute atomic E-state index is 13.7. The molecule has 0 aliphatic rings. The molecule has 0 saturated carbocycles. The van der Waals surface area contributed by atoms with Crippen molar-refractivity contribution in [2.45, 2.75) is 6.61 Å². The molecule has 5 heteroatoms. The Bertz CT molecular complexity index is 684. The normalized spacial score (nSPS) is 9.90. The van der Waals surface area contributed by atoms with E-state index in [9.17, 15) is 13.2 Å². The summed E-state index contributed by atoms with van der Waals surface area (Å²) in [5.41, 5.74) is 5.74. The number of benzene rings is 2. The summed E-state index contributed by atoms with van der Waals surface area (Å²) in [5.74, 6) is 3.46. The second-order valence-electron chi connectivity index (χ2n) is 4.21. The van der Waals surface area contributed by atoms with Crippen LogP contribution >= 0.6 is 0 Å². The highest BCUT2D eigenvalue weighted by Crippen LogP contribution is 2.18. The molecule has 108 valence electrons. The molecular weight excluding hydrogens is 279 g/mol. The number of ether oxygens (including phenoxy) is 1.